The van der Waals surface area contributed by atoms with E-state index < -0.39 is 37.0 Å². The summed E-state index contributed by atoms with van der Waals surface area (Å²) in [6.45, 7) is 0.360. The number of aliphatic hydroxyl groups excluding tert-OH is 2. The zero-order valence-corrected chi connectivity index (χ0v) is 15.8. The third-order valence-electron chi connectivity index (χ3n) is 3.71. The molecule has 0 bridgehead atoms. The first-order chi connectivity index (χ1) is 12.6. The van der Waals surface area contributed by atoms with Gasteiger partial charge in [-0.05, 0) is 36.8 Å². The van der Waals surface area contributed by atoms with Gasteiger partial charge in [0.25, 0.3) is 0 Å². The van der Waals surface area contributed by atoms with Crippen LogP contribution in [0.2, 0.25) is 0 Å². The minimum atomic E-state index is -4.52. The predicted molar refractivity (Wildman–Crippen MR) is 97.0 cm³/mol. The summed E-state index contributed by atoms with van der Waals surface area (Å²) in [6.07, 6.45) is -5.74. The van der Waals surface area contributed by atoms with Gasteiger partial charge in [-0.1, -0.05) is 28.1 Å². The second kappa shape index (κ2) is 8.73. The SMILES string of the molecule is Cc1c(Nc2ccccc2C(=O)OCC(O)CO)cc(Br)cc1C(F)(F)F. The third kappa shape index (κ3) is 5.44. The molecule has 0 amide bonds. The lowest BCUT2D eigenvalue weighted by atomic mass is 10.1. The van der Waals surface area contributed by atoms with Crippen LogP contribution in [0.5, 0.6) is 0 Å². The molecule has 5 nitrogen and oxygen atoms in total. The van der Waals surface area contributed by atoms with Crippen LogP contribution in [0.1, 0.15) is 21.5 Å². The number of halogens is 4. The molecule has 146 valence electrons. The largest absolute Gasteiger partial charge is 0.459 e. The van der Waals surface area contributed by atoms with Crippen molar-refractivity contribution in [1.29, 1.82) is 0 Å². The summed E-state index contributed by atoms with van der Waals surface area (Å²) < 4.78 is 44.7. The van der Waals surface area contributed by atoms with Crippen LogP contribution < -0.4 is 5.32 Å². The van der Waals surface area contributed by atoms with Crippen molar-refractivity contribution in [3.8, 4) is 0 Å². The number of aliphatic hydroxyl groups is 2. The molecule has 0 aliphatic carbocycles. The number of nitrogens with one attached hydrogen (secondary N) is 1. The summed E-state index contributed by atoms with van der Waals surface area (Å²) in [7, 11) is 0. The Labute approximate surface area is 161 Å². The molecule has 0 radical (unpaired) electrons. The van der Waals surface area contributed by atoms with Crippen molar-refractivity contribution in [1.82, 2.24) is 0 Å². The van der Waals surface area contributed by atoms with Crippen LogP contribution >= 0.6 is 15.9 Å². The van der Waals surface area contributed by atoms with E-state index in [0.717, 1.165) is 6.07 Å². The average Bonchev–Trinajstić information content (AvgIpc) is 2.61. The number of hydrogen-bond donors (Lipinski definition) is 3. The third-order valence-corrected chi connectivity index (χ3v) is 4.17. The Balaban J connectivity index is 2.34. The topological polar surface area (TPSA) is 78.8 Å². The molecule has 2 aromatic rings. The van der Waals surface area contributed by atoms with E-state index in [4.69, 9.17) is 9.84 Å². The number of benzene rings is 2. The zero-order chi connectivity index (χ0) is 20.2. The van der Waals surface area contributed by atoms with Gasteiger partial charge in [0.1, 0.15) is 12.7 Å². The maximum absolute atomic E-state index is 13.2. The minimum absolute atomic E-state index is 0.0235. The fourth-order valence-corrected chi connectivity index (χ4v) is 2.78. The molecule has 0 fully saturated rings. The highest BCUT2D eigenvalue weighted by Gasteiger charge is 2.33. The number of alkyl halides is 3. The quantitative estimate of drug-likeness (QED) is 0.582. The molecule has 0 saturated heterocycles. The minimum Gasteiger partial charge on any atom is -0.459 e. The molecular weight excluding hydrogens is 431 g/mol. The van der Waals surface area contributed by atoms with Crippen LogP contribution in [-0.4, -0.2) is 35.5 Å². The predicted octanol–water partition coefficient (Wildman–Crippen LogP) is 4.03. The number of carbonyl (C=O) groups is 1. The summed E-state index contributed by atoms with van der Waals surface area (Å²) in [4.78, 5) is 12.2. The maximum Gasteiger partial charge on any atom is 0.416 e. The molecule has 0 heterocycles. The lowest BCUT2D eigenvalue weighted by molar-refractivity contribution is -0.138. The highest BCUT2D eigenvalue weighted by molar-refractivity contribution is 9.10. The average molecular weight is 448 g/mol. The Bertz CT molecular complexity index is 827. The summed E-state index contributed by atoms with van der Waals surface area (Å²) in [5.41, 5.74) is -0.326. The lowest BCUT2D eigenvalue weighted by Crippen LogP contribution is -2.22. The van der Waals surface area contributed by atoms with E-state index in [2.05, 4.69) is 21.2 Å². The molecular formula is C18H17BrF3NO4. The van der Waals surface area contributed by atoms with Crippen molar-refractivity contribution in [3.63, 3.8) is 0 Å². The van der Waals surface area contributed by atoms with Gasteiger partial charge in [-0.3, -0.25) is 0 Å². The molecule has 0 aliphatic rings. The first kappa shape index (κ1) is 21.2. The van der Waals surface area contributed by atoms with Gasteiger partial charge in [-0.25, -0.2) is 4.79 Å². The molecule has 9 heteroatoms. The van der Waals surface area contributed by atoms with Crippen molar-refractivity contribution >= 4 is 33.3 Å². The monoisotopic (exact) mass is 447 g/mol. The normalized spacial score (nSPS) is 12.6. The van der Waals surface area contributed by atoms with Crippen LogP contribution in [0.4, 0.5) is 24.5 Å². The summed E-state index contributed by atoms with van der Waals surface area (Å²) in [5.74, 6) is -0.783. The van der Waals surface area contributed by atoms with Crippen LogP contribution in [-0.2, 0) is 10.9 Å². The van der Waals surface area contributed by atoms with Gasteiger partial charge in [-0.15, -0.1) is 0 Å². The van der Waals surface area contributed by atoms with Crippen molar-refractivity contribution in [2.75, 3.05) is 18.5 Å². The first-order valence-electron chi connectivity index (χ1n) is 7.83. The van der Waals surface area contributed by atoms with E-state index in [1.54, 1.807) is 12.1 Å². The molecule has 2 rings (SSSR count). The molecule has 0 saturated carbocycles. The number of hydrogen-bond acceptors (Lipinski definition) is 5. The summed E-state index contributed by atoms with van der Waals surface area (Å²) in [6, 6.07) is 8.60. The number of esters is 1. The molecule has 27 heavy (non-hydrogen) atoms. The van der Waals surface area contributed by atoms with Crippen LogP contribution in [0.3, 0.4) is 0 Å². The first-order valence-corrected chi connectivity index (χ1v) is 8.62. The molecule has 0 spiro atoms. The fourth-order valence-electron chi connectivity index (χ4n) is 2.32. The number of rotatable bonds is 6. The van der Waals surface area contributed by atoms with E-state index >= 15 is 0 Å². The lowest BCUT2D eigenvalue weighted by Gasteiger charge is -2.18. The Kier molecular flexibility index (Phi) is 6.85. The van der Waals surface area contributed by atoms with Gasteiger partial charge in [0.15, 0.2) is 0 Å². The van der Waals surface area contributed by atoms with Crippen molar-refractivity contribution < 1.29 is 32.9 Å². The van der Waals surface area contributed by atoms with Crippen LogP contribution in [0.15, 0.2) is 40.9 Å². The molecule has 2 aromatic carbocycles. The van der Waals surface area contributed by atoms with Gasteiger partial charge >= 0.3 is 12.1 Å². The fraction of sp³-hybridized carbons (Fsp3) is 0.278. The Morgan fingerprint density at radius 2 is 1.93 bits per heavy atom. The Morgan fingerprint density at radius 1 is 1.26 bits per heavy atom. The number of ether oxygens (including phenoxy) is 1. The highest BCUT2D eigenvalue weighted by atomic mass is 79.9. The zero-order valence-electron chi connectivity index (χ0n) is 14.2. The van der Waals surface area contributed by atoms with E-state index in [0.29, 0.717) is 0 Å². The molecule has 1 unspecified atom stereocenters. The van der Waals surface area contributed by atoms with E-state index in [1.165, 1.54) is 25.1 Å². The van der Waals surface area contributed by atoms with Gasteiger partial charge in [0.2, 0.25) is 0 Å². The Morgan fingerprint density at radius 3 is 2.56 bits per heavy atom. The van der Waals surface area contributed by atoms with Crippen molar-refractivity contribution in [2.24, 2.45) is 0 Å². The number of carbonyl (C=O) groups excluding carboxylic acids is 1. The van der Waals surface area contributed by atoms with Crippen molar-refractivity contribution in [2.45, 2.75) is 19.2 Å². The van der Waals surface area contributed by atoms with E-state index in [1.807, 2.05) is 0 Å². The smallest absolute Gasteiger partial charge is 0.416 e. The highest BCUT2D eigenvalue weighted by Crippen LogP contribution is 2.38. The maximum atomic E-state index is 13.2. The molecule has 0 aromatic heterocycles. The second-order valence-electron chi connectivity index (χ2n) is 5.73. The molecule has 1 atom stereocenters. The molecule has 0 aliphatic heterocycles. The number of anilines is 2. The van der Waals surface area contributed by atoms with Crippen molar-refractivity contribution in [3.05, 3.63) is 57.6 Å². The number of para-hydroxylation sites is 1. The van der Waals surface area contributed by atoms with Crippen LogP contribution in [0, 0.1) is 6.92 Å². The Hall–Kier alpha value is -2.10. The standard InChI is InChI=1S/C18H17BrF3NO4/c1-10-14(18(20,21)22)6-11(19)7-16(10)23-15-5-3-2-4-13(15)17(26)27-9-12(25)8-24/h2-7,12,23-25H,8-9H2,1H3. The second-order valence-corrected chi connectivity index (χ2v) is 6.64. The van der Waals surface area contributed by atoms with Gasteiger partial charge in [-0.2, -0.15) is 13.2 Å². The van der Waals surface area contributed by atoms with Crippen LogP contribution in [0.25, 0.3) is 0 Å². The van der Waals surface area contributed by atoms with E-state index in [9.17, 15) is 23.1 Å². The van der Waals surface area contributed by atoms with E-state index in [-0.39, 0.29) is 27.0 Å². The van der Waals surface area contributed by atoms with Gasteiger partial charge in [0.05, 0.1) is 23.4 Å². The van der Waals surface area contributed by atoms with Gasteiger partial charge in [0, 0.05) is 10.2 Å². The summed E-state index contributed by atoms with van der Waals surface area (Å²) in [5, 5.41) is 20.9. The summed E-state index contributed by atoms with van der Waals surface area (Å²) >= 11 is 3.07. The van der Waals surface area contributed by atoms with Gasteiger partial charge < -0.3 is 20.3 Å². The molecule has 3 N–H and O–H groups in total.